The van der Waals surface area contributed by atoms with Gasteiger partial charge < -0.3 is 20.1 Å². The number of benzene rings is 2. The summed E-state index contributed by atoms with van der Waals surface area (Å²) in [5.41, 5.74) is 2.15. The van der Waals surface area contributed by atoms with E-state index < -0.39 is 5.60 Å². The van der Waals surface area contributed by atoms with Crippen molar-refractivity contribution < 1.29 is 10.2 Å². The third-order valence-electron chi connectivity index (χ3n) is 5.72. The van der Waals surface area contributed by atoms with Crippen molar-refractivity contribution in [1.82, 2.24) is 15.0 Å². The van der Waals surface area contributed by atoms with E-state index in [4.69, 9.17) is 0 Å². The summed E-state index contributed by atoms with van der Waals surface area (Å²) in [6.07, 6.45) is 3.60. The number of phenols is 1. The van der Waals surface area contributed by atoms with E-state index >= 15 is 0 Å². The zero-order chi connectivity index (χ0) is 19.1. The first-order valence-corrected chi connectivity index (χ1v) is 9.58. The number of phenolic OH excluding ortho intramolecular Hbond substituents is 1. The smallest absolute Gasteiger partial charge is 0.143 e. The van der Waals surface area contributed by atoms with Gasteiger partial charge in [0, 0.05) is 30.4 Å². The SMILES string of the molecule is Oc1ccc2[nH]c3ncnc(N4CCC(O)(Cc5ccccc5)CC4)c3c2c1. The average Bonchev–Trinajstić information content (AvgIpc) is 3.07. The summed E-state index contributed by atoms with van der Waals surface area (Å²) in [6, 6.07) is 15.4. The van der Waals surface area contributed by atoms with Crippen LogP contribution in [-0.4, -0.2) is 43.9 Å². The van der Waals surface area contributed by atoms with Crippen molar-refractivity contribution in [1.29, 1.82) is 0 Å². The van der Waals surface area contributed by atoms with E-state index in [0.29, 0.717) is 19.3 Å². The molecule has 0 saturated carbocycles. The highest BCUT2D eigenvalue weighted by atomic mass is 16.3. The summed E-state index contributed by atoms with van der Waals surface area (Å²) < 4.78 is 0. The molecule has 2 aromatic heterocycles. The third kappa shape index (κ3) is 2.96. The summed E-state index contributed by atoms with van der Waals surface area (Å²) >= 11 is 0. The third-order valence-corrected chi connectivity index (χ3v) is 5.72. The highest BCUT2D eigenvalue weighted by molar-refractivity contribution is 6.11. The van der Waals surface area contributed by atoms with Crippen LogP contribution in [-0.2, 0) is 6.42 Å². The number of nitrogens with one attached hydrogen (secondary N) is 1. The number of fused-ring (bicyclic) bond motifs is 3. The van der Waals surface area contributed by atoms with E-state index in [2.05, 4.69) is 32.0 Å². The number of aromatic hydroxyl groups is 1. The van der Waals surface area contributed by atoms with Gasteiger partial charge in [0.1, 0.15) is 23.5 Å². The van der Waals surface area contributed by atoms with Gasteiger partial charge in [-0.3, -0.25) is 0 Å². The standard InChI is InChI=1S/C22H22N4O2/c27-16-6-7-18-17(12-16)19-20(25-18)23-14-24-21(19)26-10-8-22(28,9-11-26)13-15-4-2-1-3-5-15/h1-7,12,14,27-28H,8-11,13H2,(H,23,24,25). The highest BCUT2D eigenvalue weighted by Gasteiger charge is 2.33. The van der Waals surface area contributed by atoms with Gasteiger partial charge in [-0.25, -0.2) is 9.97 Å². The van der Waals surface area contributed by atoms with Crippen LogP contribution in [0.15, 0.2) is 54.9 Å². The molecule has 0 aliphatic carbocycles. The van der Waals surface area contributed by atoms with Crippen LogP contribution in [0.1, 0.15) is 18.4 Å². The Morgan fingerprint density at radius 1 is 1.04 bits per heavy atom. The number of hydrogen-bond acceptors (Lipinski definition) is 5. The van der Waals surface area contributed by atoms with Crippen LogP contribution in [0, 0.1) is 0 Å². The second kappa shape index (κ2) is 6.49. The Morgan fingerprint density at radius 3 is 2.61 bits per heavy atom. The molecule has 5 rings (SSSR count). The fourth-order valence-corrected chi connectivity index (χ4v) is 4.22. The lowest BCUT2D eigenvalue weighted by atomic mass is 9.85. The molecule has 4 aromatic rings. The average molecular weight is 374 g/mol. The summed E-state index contributed by atoms with van der Waals surface area (Å²) in [5, 5.41) is 22.8. The quantitative estimate of drug-likeness (QED) is 0.512. The normalized spacial score (nSPS) is 16.7. The van der Waals surface area contributed by atoms with Crippen LogP contribution < -0.4 is 4.90 Å². The molecule has 0 bridgehead atoms. The number of rotatable bonds is 3. The number of aromatic amines is 1. The number of hydrogen-bond donors (Lipinski definition) is 3. The number of anilines is 1. The van der Waals surface area contributed by atoms with Crippen molar-refractivity contribution in [3.63, 3.8) is 0 Å². The van der Waals surface area contributed by atoms with Crippen molar-refractivity contribution in [2.75, 3.05) is 18.0 Å². The number of piperidine rings is 1. The summed E-state index contributed by atoms with van der Waals surface area (Å²) in [7, 11) is 0. The molecule has 6 heteroatoms. The molecule has 3 N–H and O–H groups in total. The Morgan fingerprint density at radius 2 is 1.82 bits per heavy atom. The van der Waals surface area contributed by atoms with Crippen LogP contribution in [0.2, 0.25) is 0 Å². The van der Waals surface area contributed by atoms with Gasteiger partial charge in [0.05, 0.1) is 11.0 Å². The van der Waals surface area contributed by atoms with Crippen molar-refractivity contribution in [3.8, 4) is 5.75 Å². The predicted octanol–water partition coefficient (Wildman–Crippen LogP) is 3.39. The molecule has 28 heavy (non-hydrogen) atoms. The van der Waals surface area contributed by atoms with E-state index in [1.165, 1.54) is 0 Å². The fraction of sp³-hybridized carbons (Fsp3) is 0.273. The molecule has 1 aliphatic rings. The highest BCUT2D eigenvalue weighted by Crippen LogP contribution is 2.35. The molecule has 6 nitrogen and oxygen atoms in total. The molecule has 1 fully saturated rings. The maximum Gasteiger partial charge on any atom is 0.143 e. The Hall–Kier alpha value is -3.12. The lowest BCUT2D eigenvalue weighted by molar-refractivity contribution is 0.0165. The van der Waals surface area contributed by atoms with E-state index in [1.807, 2.05) is 24.3 Å². The maximum atomic E-state index is 11.1. The summed E-state index contributed by atoms with van der Waals surface area (Å²) in [6.45, 7) is 1.45. The molecule has 0 spiro atoms. The molecule has 3 heterocycles. The molecule has 0 unspecified atom stereocenters. The monoisotopic (exact) mass is 374 g/mol. The number of nitrogens with zero attached hydrogens (tertiary/aromatic N) is 3. The fourth-order valence-electron chi connectivity index (χ4n) is 4.22. The Kier molecular flexibility index (Phi) is 3.94. The number of aromatic nitrogens is 3. The second-order valence-corrected chi connectivity index (χ2v) is 7.65. The second-order valence-electron chi connectivity index (χ2n) is 7.65. The molecule has 0 amide bonds. The van der Waals surface area contributed by atoms with Gasteiger partial charge in [-0.1, -0.05) is 30.3 Å². The van der Waals surface area contributed by atoms with Crippen molar-refractivity contribution in [2.45, 2.75) is 24.9 Å². The Bertz CT molecular complexity index is 1130. The van der Waals surface area contributed by atoms with Crippen LogP contribution in [0.25, 0.3) is 21.9 Å². The molecule has 1 aliphatic heterocycles. The molecular formula is C22H22N4O2. The zero-order valence-electron chi connectivity index (χ0n) is 15.5. The Labute approximate surface area is 162 Å². The van der Waals surface area contributed by atoms with Gasteiger partial charge in [0.25, 0.3) is 0 Å². The molecular weight excluding hydrogens is 352 g/mol. The van der Waals surface area contributed by atoms with Gasteiger partial charge in [-0.2, -0.15) is 0 Å². The van der Waals surface area contributed by atoms with Crippen molar-refractivity contribution >= 4 is 27.8 Å². The van der Waals surface area contributed by atoms with Gasteiger partial charge in [0.2, 0.25) is 0 Å². The molecule has 0 radical (unpaired) electrons. The van der Waals surface area contributed by atoms with E-state index in [9.17, 15) is 10.2 Å². The summed E-state index contributed by atoms with van der Waals surface area (Å²) in [4.78, 5) is 14.4. The van der Waals surface area contributed by atoms with Crippen LogP contribution >= 0.6 is 0 Å². The minimum Gasteiger partial charge on any atom is -0.508 e. The van der Waals surface area contributed by atoms with Crippen LogP contribution in [0.3, 0.4) is 0 Å². The van der Waals surface area contributed by atoms with Crippen LogP contribution in [0.5, 0.6) is 5.75 Å². The first kappa shape index (κ1) is 17.0. The molecule has 0 atom stereocenters. The summed E-state index contributed by atoms with van der Waals surface area (Å²) in [5.74, 6) is 1.07. The Balaban J connectivity index is 1.44. The van der Waals surface area contributed by atoms with Crippen molar-refractivity contribution in [2.24, 2.45) is 0 Å². The maximum absolute atomic E-state index is 11.1. The van der Waals surface area contributed by atoms with E-state index in [-0.39, 0.29) is 5.75 Å². The van der Waals surface area contributed by atoms with Crippen LogP contribution in [0.4, 0.5) is 5.82 Å². The first-order valence-electron chi connectivity index (χ1n) is 9.58. The van der Waals surface area contributed by atoms with Gasteiger partial charge >= 0.3 is 0 Å². The predicted molar refractivity (Wildman–Crippen MR) is 110 cm³/mol. The van der Waals surface area contributed by atoms with Gasteiger partial charge in [0.15, 0.2) is 0 Å². The topological polar surface area (TPSA) is 85.3 Å². The number of aliphatic hydroxyl groups is 1. The lowest BCUT2D eigenvalue weighted by Gasteiger charge is -2.39. The lowest BCUT2D eigenvalue weighted by Crippen LogP contribution is -2.46. The van der Waals surface area contributed by atoms with Gasteiger partial charge in [-0.05, 0) is 36.6 Å². The van der Waals surface area contributed by atoms with E-state index in [0.717, 1.165) is 46.4 Å². The molecule has 1 saturated heterocycles. The minimum absolute atomic E-state index is 0.221. The molecule has 142 valence electrons. The van der Waals surface area contributed by atoms with Gasteiger partial charge in [-0.15, -0.1) is 0 Å². The number of H-pyrrole nitrogens is 1. The minimum atomic E-state index is -0.692. The first-order chi connectivity index (χ1) is 13.6. The molecule has 2 aromatic carbocycles. The zero-order valence-corrected chi connectivity index (χ0v) is 15.5. The van der Waals surface area contributed by atoms with Crippen molar-refractivity contribution in [3.05, 3.63) is 60.4 Å². The largest absolute Gasteiger partial charge is 0.508 e. The van der Waals surface area contributed by atoms with E-state index in [1.54, 1.807) is 18.5 Å².